The summed E-state index contributed by atoms with van der Waals surface area (Å²) in [5, 5.41) is 17.0. The van der Waals surface area contributed by atoms with E-state index >= 15 is 0 Å². The van der Waals surface area contributed by atoms with Gasteiger partial charge in [0.05, 0.1) is 12.1 Å². The van der Waals surface area contributed by atoms with E-state index in [9.17, 15) is 4.79 Å². The molecule has 1 amide bonds. The molecule has 0 saturated heterocycles. The Morgan fingerprint density at radius 1 is 1.32 bits per heavy atom. The van der Waals surface area contributed by atoms with Crippen LogP contribution in [0, 0.1) is 0 Å². The Morgan fingerprint density at radius 2 is 2.23 bits per heavy atom. The predicted molar refractivity (Wildman–Crippen MR) is 86.2 cm³/mol. The second-order valence-electron chi connectivity index (χ2n) is 5.24. The quantitative estimate of drug-likeness (QED) is 0.769. The Labute approximate surface area is 135 Å². The Balaban J connectivity index is 1.50. The van der Waals surface area contributed by atoms with Crippen molar-refractivity contribution in [1.29, 1.82) is 0 Å². The second kappa shape index (κ2) is 5.66. The van der Waals surface area contributed by atoms with Gasteiger partial charge in [-0.15, -0.1) is 21.5 Å². The average Bonchev–Trinajstić information content (AvgIpc) is 2.95. The molecule has 4 rings (SSSR count). The van der Waals surface area contributed by atoms with E-state index in [1.165, 1.54) is 11.3 Å². The number of aromatic nitrogens is 2. The van der Waals surface area contributed by atoms with Gasteiger partial charge in [-0.2, -0.15) is 11.3 Å². The summed E-state index contributed by atoms with van der Waals surface area (Å²) >= 11 is 3.08. The predicted octanol–water partition coefficient (Wildman–Crippen LogP) is 3.92. The topological polar surface area (TPSA) is 68.0 Å². The summed E-state index contributed by atoms with van der Waals surface area (Å²) in [7, 11) is 0. The third-order valence-corrected chi connectivity index (χ3v) is 5.08. The van der Waals surface area contributed by atoms with Crippen LogP contribution in [0.5, 0.6) is 0 Å². The summed E-state index contributed by atoms with van der Waals surface area (Å²) in [5.74, 6) is 1.58. The molecule has 3 aromatic rings. The first-order valence-corrected chi connectivity index (χ1v) is 8.84. The van der Waals surface area contributed by atoms with Crippen molar-refractivity contribution in [1.82, 2.24) is 10.2 Å². The summed E-state index contributed by atoms with van der Waals surface area (Å²) in [4.78, 5) is 12.9. The molecule has 22 heavy (non-hydrogen) atoms. The normalized spacial score (nSPS) is 14.2. The Bertz CT molecular complexity index is 787. The van der Waals surface area contributed by atoms with E-state index < -0.39 is 0 Å². The number of carbonyl (C=O) groups excluding carboxylic acids is 1. The van der Waals surface area contributed by atoms with Gasteiger partial charge < -0.3 is 9.73 Å². The van der Waals surface area contributed by atoms with Crippen LogP contribution >= 0.6 is 22.7 Å². The van der Waals surface area contributed by atoms with Gasteiger partial charge in [-0.05, 0) is 46.7 Å². The first-order valence-electron chi connectivity index (χ1n) is 7.02. The number of hydrogen-bond donors (Lipinski definition) is 1. The lowest BCUT2D eigenvalue weighted by Crippen LogP contribution is -2.13. The Kier molecular flexibility index (Phi) is 3.51. The van der Waals surface area contributed by atoms with Gasteiger partial charge in [0.15, 0.2) is 0 Å². The fraction of sp³-hybridized carbons (Fsp3) is 0.267. The van der Waals surface area contributed by atoms with Crippen LogP contribution in [0.4, 0.5) is 5.69 Å². The zero-order valence-corrected chi connectivity index (χ0v) is 13.2. The van der Waals surface area contributed by atoms with Gasteiger partial charge in [0.2, 0.25) is 11.8 Å². The van der Waals surface area contributed by atoms with Crippen molar-refractivity contribution in [3.8, 4) is 10.8 Å². The van der Waals surface area contributed by atoms with Crippen molar-refractivity contribution in [2.45, 2.75) is 25.2 Å². The maximum Gasteiger partial charge on any atom is 0.259 e. The maximum atomic E-state index is 12.1. The molecule has 0 radical (unpaired) electrons. The molecule has 0 bridgehead atoms. The highest BCUT2D eigenvalue weighted by Gasteiger charge is 2.30. The van der Waals surface area contributed by atoms with E-state index in [2.05, 4.69) is 15.5 Å². The summed E-state index contributed by atoms with van der Waals surface area (Å²) < 4.78 is 5.72. The molecule has 3 heterocycles. The molecular formula is C15H13N3O2S2. The van der Waals surface area contributed by atoms with E-state index in [-0.39, 0.29) is 5.91 Å². The molecule has 1 aliphatic rings. The van der Waals surface area contributed by atoms with Crippen LogP contribution in [0.1, 0.15) is 30.2 Å². The molecule has 0 unspecified atom stereocenters. The molecule has 1 saturated carbocycles. The van der Waals surface area contributed by atoms with Gasteiger partial charge in [0.25, 0.3) is 5.89 Å². The lowest BCUT2D eigenvalue weighted by atomic mass is 10.2. The number of rotatable bonds is 5. The van der Waals surface area contributed by atoms with Crippen LogP contribution in [0.25, 0.3) is 10.8 Å². The molecule has 1 N–H and O–H groups in total. The Morgan fingerprint density at radius 3 is 3.00 bits per heavy atom. The molecule has 0 aromatic carbocycles. The maximum absolute atomic E-state index is 12.1. The second-order valence-corrected chi connectivity index (χ2v) is 6.94. The minimum absolute atomic E-state index is 0.0417. The van der Waals surface area contributed by atoms with Crippen LogP contribution in [0.3, 0.4) is 0 Å². The fourth-order valence-electron chi connectivity index (χ4n) is 2.17. The number of carbonyl (C=O) groups is 1. The third-order valence-electron chi connectivity index (χ3n) is 3.45. The molecule has 3 aromatic heterocycles. The van der Waals surface area contributed by atoms with Crippen molar-refractivity contribution >= 4 is 34.3 Å². The number of anilines is 1. The molecule has 112 valence electrons. The number of amides is 1. The molecule has 5 nitrogen and oxygen atoms in total. The first kappa shape index (κ1) is 13.7. The summed E-state index contributed by atoms with van der Waals surface area (Å²) in [5.41, 5.74) is 1.75. The monoisotopic (exact) mass is 331 g/mol. The lowest BCUT2D eigenvalue weighted by Gasteiger charge is -2.03. The third kappa shape index (κ3) is 2.82. The molecule has 0 aliphatic heterocycles. The minimum atomic E-state index is -0.0417. The SMILES string of the molecule is O=C(Cc1ccsc1)Nc1ccsc1-c1nnc(C2CC2)o1. The van der Waals surface area contributed by atoms with Gasteiger partial charge in [-0.1, -0.05) is 0 Å². The van der Waals surface area contributed by atoms with E-state index in [1.54, 1.807) is 11.3 Å². The zero-order chi connectivity index (χ0) is 14.9. The highest BCUT2D eigenvalue weighted by atomic mass is 32.1. The van der Waals surface area contributed by atoms with E-state index in [0.717, 1.165) is 29.0 Å². The zero-order valence-electron chi connectivity index (χ0n) is 11.6. The van der Waals surface area contributed by atoms with E-state index in [4.69, 9.17) is 4.42 Å². The molecular weight excluding hydrogens is 318 g/mol. The first-order chi connectivity index (χ1) is 10.8. The van der Waals surface area contributed by atoms with Crippen LogP contribution in [-0.2, 0) is 11.2 Å². The van der Waals surface area contributed by atoms with Gasteiger partial charge >= 0.3 is 0 Å². The average molecular weight is 331 g/mol. The minimum Gasteiger partial charge on any atom is -0.420 e. The summed E-state index contributed by atoms with van der Waals surface area (Å²) in [6.07, 6.45) is 2.61. The van der Waals surface area contributed by atoms with Gasteiger partial charge in [-0.25, -0.2) is 0 Å². The van der Waals surface area contributed by atoms with Crippen molar-refractivity contribution in [3.63, 3.8) is 0 Å². The number of nitrogens with zero attached hydrogens (tertiary/aromatic N) is 2. The molecule has 1 fully saturated rings. The van der Waals surface area contributed by atoms with Crippen LogP contribution < -0.4 is 5.32 Å². The molecule has 0 spiro atoms. The summed E-state index contributed by atoms with van der Waals surface area (Å²) in [6.45, 7) is 0. The lowest BCUT2D eigenvalue weighted by molar-refractivity contribution is -0.115. The van der Waals surface area contributed by atoms with Crippen molar-refractivity contribution < 1.29 is 9.21 Å². The van der Waals surface area contributed by atoms with Gasteiger partial charge in [-0.3, -0.25) is 4.79 Å². The van der Waals surface area contributed by atoms with E-state index in [1.807, 2.05) is 28.3 Å². The number of hydrogen-bond acceptors (Lipinski definition) is 6. The van der Waals surface area contributed by atoms with Crippen molar-refractivity contribution in [3.05, 3.63) is 39.7 Å². The molecule has 1 aliphatic carbocycles. The molecule has 0 atom stereocenters. The summed E-state index contributed by atoms with van der Waals surface area (Å²) in [6, 6.07) is 3.82. The number of nitrogens with one attached hydrogen (secondary N) is 1. The number of thiophene rings is 2. The van der Waals surface area contributed by atoms with Crippen LogP contribution in [0.15, 0.2) is 32.7 Å². The molecule has 7 heteroatoms. The van der Waals surface area contributed by atoms with Crippen molar-refractivity contribution in [2.75, 3.05) is 5.32 Å². The van der Waals surface area contributed by atoms with Gasteiger partial charge in [0.1, 0.15) is 4.88 Å². The Hall–Kier alpha value is -1.99. The van der Waals surface area contributed by atoms with Crippen LogP contribution in [-0.4, -0.2) is 16.1 Å². The van der Waals surface area contributed by atoms with Gasteiger partial charge in [0, 0.05) is 5.92 Å². The largest absolute Gasteiger partial charge is 0.420 e. The van der Waals surface area contributed by atoms with Crippen molar-refractivity contribution in [2.24, 2.45) is 0 Å². The highest BCUT2D eigenvalue weighted by Crippen LogP contribution is 2.41. The highest BCUT2D eigenvalue weighted by molar-refractivity contribution is 7.14. The smallest absolute Gasteiger partial charge is 0.259 e. The standard InChI is InChI=1S/C15H13N3O2S2/c19-12(7-9-3-5-21-8-9)16-11-4-6-22-13(11)15-18-17-14(20-15)10-1-2-10/h3-6,8,10H,1-2,7H2,(H,16,19). The van der Waals surface area contributed by atoms with E-state index in [0.29, 0.717) is 24.1 Å². The fourth-order valence-corrected chi connectivity index (χ4v) is 3.61. The van der Waals surface area contributed by atoms with Crippen LogP contribution in [0.2, 0.25) is 0 Å².